The molecule has 0 aromatic heterocycles. The van der Waals surface area contributed by atoms with Gasteiger partial charge in [0.05, 0.1) is 16.8 Å². The van der Waals surface area contributed by atoms with Crippen LogP contribution in [0.25, 0.3) is 10.8 Å². The zero-order valence-corrected chi connectivity index (χ0v) is 11.4. The van der Waals surface area contributed by atoms with E-state index in [1.165, 1.54) is 0 Å². The molecule has 1 aliphatic heterocycles. The summed E-state index contributed by atoms with van der Waals surface area (Å²) in [6.45, 7) is 0.678. The second-order valence-electron chi connectivity index (χ2n) is 4.93. The van der Waals surface area contributed by atoms with Gasteiger partial charge in [-0.3, -0.25) is 0 Å². The van der Waals surface area contributed by atoms with Gasteiger partial charge in [0, 0.05) is 6.61 Å². The Bertz CT molecular complexity index is 685. The maximum atomic E-state index is 12.4. The third kappa shape index (κ3) is 2.65. The first-order valence-electron chi connectivity index (χ1n) is 6.48. The fraction of sp³-hybridized carbons (Fsp3) is 0.333. The molecule has 1 unspecified atom stereocenters. The first-order chi connectivity index (χ1) is 9.15. The molecule has 0 N–H and O–H groups in total. The number of ether oxygens (including phenoxy) is 1. The minimum absolute atomic E-state index is 0.0886. The van der Waals surface area contributed by atoms with Crippen molar-refractivity contribution in [3.63, 3.8) is 0 Å². The molecule has 0 bridgehead atoms. The molecule has 1 aliphatic rings. The van der Waals surface area contributed by atoms with E-state index >= 15 is 0 Å². The second kappa shape index (κ2) is 4.94. The molecule has 3 rings (SSSR count). The Morgan fingerprint density at radius 1 is 1.11 bits per heavy atom. The molecule has 19 heavy (non-hydrogen) atoms. The van der Waals surface area contributed by atoms with Crippen molar-refractivity contribution in [2.24, 2.45) is 0 Å². The van der Waals surface area contributed by atoms with Crippen LogP contribution in [-0.2, 0) is 14.6 Å². The quantitative estimate of drug-likeness (QED) is 0.865. The molecular weight excluding hydrogens is 260 g/mol. The maximum Gasteiger partial charge on any atom is 0.180 e. The van der Waals surface area contributed by atoms with Gasteiger partial charge in [0.2, 0.25) is 0 Å². The zero-order valence-electron chi connectivity index (χ0n) is 10.6. The molecule has 1 heterocycles. The monoisotopic (exact) mass is 276 g/mol. The van der Waals surface area contributed by atoms with Crippen LogP contribution in [0.2, 0.25) is 0 Å². The van der Waals surface area contributed by atoms with Gasteiger partial charge in [0.15, 0.2) is 9.84 Å². The van der Waals surface area contributed by atoms with Crippen LogP contribution < -0.4 is 0 Å². The van der Waals surface area contributed by atoms with Gasteiger partial charge in [0.25, 0.3) is 0 Å². The first-order valence-corrected chi connectivity index (χ1v) is 8.13. The van der Waals surface area contributed by atoms with Crippen LogP contribution in [0.1, 0.15) is 12.8 Å². The van der Waals surface area contributed by atoms with Crippen LogP contribution in [0, 0.1) is 0 Å². The summed E-state index contributed by atoms with van der Waals surface area (Å²) in [6.07, 6.45) is 1.65. The highest BCUT2D eigenvalue weighted by Crippen LogP contribution is 2.22. The van der Waals surface area contributed by atoms with Gasteiger partial charge in [-0.2, -0.15) is 0 Å². The second-order valence-corrected chi connectivity index (χ2v) is 6.96. The summed E-state index contributed by atoms with van der Waals surface area (Å²) in [6, 6.07) is 13.1. The molecule has 1 saturated heterocycles. The Kier molecular flexibility index (Phi) is 3.29. The summed E-state index contributed by atoms with van der Waals surface area (Å²) in [5, 5.41) is 2.01. The third-order valence-corrected chi connectivity index (χ3v) is 5.29. The predicted molar refractivity (Wildman–Crippen MR) is 75.0 cm³/mol. The van der Waals surface area contributed by atoms with E-state index in [1.54, 1.807) is 12.1 Å². The van der Waals surface area contributed by atoms with Crippen LogP contribution in [0.3, 0.4) is 0 Å². The lowest BCUT2D eigenvalue weighted by Gasteiger charge is -2.10. The van der Waals surface area contributed by atoms with E-state index < -0.39 is 9.84 Å². The first kappa shape index (κ1) is 12.6. The molecule has 2 aromatic rings. The van der Waals surface area contributed by atoms with Gasteiger partial charge >= 0.3 is 0 Å². The lowest BCUT2D eigenvalue weighted by molar-refractivity contribution is 0.127. The molecule has 0 saturated carbocycles. The molecule has 3 nitrogen and oxygen atoms in total. The average Bonchev–Trinajstić information content (AvgIpc) is 2.90. The summed E-state index contributed by atoms with van der Waals surface area (Å²) in [7, 11) is -3.26. The number of benzene rings is 2. The summed E-state index contributed by atoms with van der Waals surface area (Å²) in [4.78, 5) is 0.390. The predicted octanol–water partition coefficient (Wildman–Crippen LogP) is 2.79. The number of fused-ring (bicyclic) bond motifs is 1. The Labute approximate surface area is 113 Å². The Morgan fingerprint density at radius 3 is 2.63 bits per heavy atom. The normalized spacial score (nSPS) is 19.9. The van der Waals surface area contributed by atoms with E-state index in [4.69, 9.17) is 4.74 Å². The van der Waals surface area contributed by atoms with Gasteiger partial charge in [-0.05, 0) is 35.7 Å². The highest BCUT2D eigenvalue weighted by Gasteiger charge is 2.24. The Hall–Kier alpha value is -1.39. The molecule has 1 fully saturated rings. The van der Waals surface area contributed by atoms with Crippen LogP contribution in [0.15, 0.2) is 47.4 Å². The zero-order chi connectivity index (χ0) is 13.3. The minimum Gasteiger partial charge on any atom is -0.377 e. The molecule has 0 amide bonds. The van der Waals surface area contributed by atoms with Crippen LogP contribution in [0.4, 0.5) is 0 Å². The molecular formula is C15H16O3S. The number of rotatable bonds is 3. The largest absolute Gasteiger partial charge is 0.377 e. The molecule has 4 heteroatoms. The minimum atomic E-state index is -3.26. The third-order valence-electron chi connectivity index (χ3n) is 3.51. The van der Waals surface area contributed by atoms with Crippen LogP contribution in [0.5, 0.6) is 0 Å². The topological polar surface area (TPSA) is 43.4 Å². The Morgan fingerprint density at radius 2 is 1.89 bits per heavy atom. The van der Waals surface area contributed by atoms with E-state index in [-0.39, 0.29) is 11.9 Å². The van der Waals surface area contributed by atoms with E-state index in [9.17, 15) is 8.42 Å². The fourth-order valence-electron chi connectivity index (χ4n) is 2.48. The van der Waals surface area contributed by atoms with Crippen LogP contribution >= 0.6 is 0 Å². The van der Waals surface area contributed by atoms with Gasteiger partial charge in [-0.15, -0.1) is 0 Å². The smallest absolute Gasteiger partial charge is 0.180 e. The lowest BCUT2D eigenvalue weighted by Crippen LogP contribution is -2.20. The molecule has 0 radical (unpaired) electrons. The standard InChI is InChI=1S/C15H16O3S/c16-19(17,11-14-6-3-9-18-14)15-8-7-12-4-1-2-5-13(12)10-15/h1-2,4-5,7-8,10,14H,3,6,9,11H2. The fourth-order valence-corrected chi connectivity index (χ4v) is 4.00. The van der Waals surface area contributed by atoms with Crippen molar-refractivity contribution in [3.8, 4) is 0 Å². The van der Waals surface area contributed by atoms with Crippen molar-refractivity contribution in [2.45, 2.75) is 23.8 Å². The van der Waals surface area contributed by atoms with Crippen molar-refractivity contribution in [1.29, 1.82) is 0 Å². The molecule has 0 spiro atoms. The number of hydrogen-bond acceptors (Lipinski definition) is 3. The highest BCUT2D eigenvalue weighted by molar-refractivity contribution is 7.91. The molecule has 0 aliphatic carbocycles. The van der Waals surface area contributed by atoms with Crippen LogP contribution in [-0.4, -0.2) is 26.9 Å². The SMILES string of the molecule is O=S(=O)(CC1CCCO1)c1ccc2ccccc2c1. The van der Waals surface area contributed by atoms with Gasteiger partial charge in [-0.1, -0.05) is 30.3 Å². The van der Waals surface area contributed by atoms with Gasteiger partial charge < -0.3 is 4.74 Å². The highest BCUT2D eigenvalue weighted by atomic mass is 32.2. The van der Waals surface area contributed by atoms with Crippen molar-refractivity contribution in [2.75, 3.05) is 12.4 Å². The van der Waals surface area contributed by atoms with E-state index in [1.807, 2.05) is 30.3 Å². The summed E-state index contributed by atoms with van der Waals surface area (Å²) in [5.74, 6) is 0.0886. The molecule has 2 aromatic carbocycles. The van der Waals surface area contributed by atoms with E-state index in [0.29, 0.717) is 11.5 Å². The number of hydrogen-bond donors (Lipinski definition) is 0. The Balaban J connectivity index is 1.93. The number of sulfone groups is 1. The van der Waals surface area contributed by atoms with Gasteiger partial charge in [-0.25, -0.2) is 8.42 Å². The summed E-state index contributed by atoms with van der Waals surface area (Å²) < 4.78 is 30.1. The van der Waals surface area contributed by atoms with Crippen molar-refractivity contribution >= 4 is 20.6 Å². The summed E-state index contributed by atoms with van der Waals surface area (Å²) >= 11 is 0. The van der Waals surface area contributed by atoms with Crippen molar-refractivity contribution in [3.05, 3.63) is 42.5 Å². The lowest BCUT2D eigenvalue weighted by atomic mass is 10.1. The average molecular weight is 276 g/mol. The molecule has 100 valence electrons. The van der Waals surface area contributed by atoms with E-state index in [0.717, 1.165) is 23.6 Å². The van der Waals surface area contributed by atoms with E-state index in [2.05, 4.69) is 0 Å². The maximum absolute atomic E-state index is 12.4. The van der Waals surface area contributed by atoms with Crippen molar-refractivity contribution < 1.29 is 13.2 Å². The summed E-state index contributed by atoms with van der Waals surface area (Å²) in [5.41, 5.74) is 0. The molecule has 1 atom stereocenters. The van der Waals surface area contributed by atoms with Crippen molar-refractivity contribution in [1.82, 2.24) is 0 Å². The van der Waals surface area contributed by atoms with Gasteiger partial charge in [0.1, 0.15) is 0 Å².